The molecule has 0 heterocycles. The number of benzene rings is 2. The summed E-state index contributed by atoms with van der Waals surface area (Å²) in [6.45, 7) is 1.89. The predicted molar refractivity (Wildman–Crippen MR) is 84.5 cm³/mol. The Hall–Kier alpha value is -2.83. The van der Waals surface area contributed by atoms with Gasteiger partial charge in [0.05, 0.1) is 7.11 Å². The highest BCUT2D eigenvalue weighted by atomic mass is 19.1. The van der Waals surface area contributed by atoms with Crippen molar-refractivity contribution in [2.24, 2.45) is 0 Å². The Labute approximate surface area is 142 Å². The van der Waals surface area contributed by atoms with Crippen LogP contribution in [0, 0.1) is 24.4 Å². The first-order chi connectivity index (χ1) is 11.8. The van der Waals surface area contributed by atoms with Gasteiger partial charge in [0.15, 0.2) is 0 Å². The smallest absolute Gasteiger partial charge is 0.328 e. The van der Waals surface area contributed by atoms with Gasteiger partial charge >= 0.3 is 5.97 Å². The molecule has 1 atom stereocenters. The van der Waals surface area contributed by atoms with E-state index >= 15 is 0 Å². The summed E-state index contributed by atoms with van der Waals surface area (Å²) in [7, 11) is 1.13. The molecule has 1 amide bonds. The van der Waals surface area contributed by atoms with Crippen LogP contribution in [0.25, 0.3) is 0 Å². The van der Waals surface area contributed by atoms with Crippen LogP contribution in [-0.2, 0) is 16.0 Å². The van der Waals surface area contributed by atoms with Gasteiger partial charge in [-0.2, -0.15) is 0 Å². The second kappa shape index (κ2) is 7.83. The lowest BCUT2D eigenvalue weighted by molar-refractivity contribution is -0.142. The zero-order valence-electron chi connectivity index (χ0n) is 13.6. The minimum atomic E-state index is -1.35. The van der Waals surface area contributed by atoms with Crippen molar-refractivity contribution in [3.63, 3.8) is 0 Å². The number of carbonyl (C=O) groups excluding carboxylic acids is 2. The molecule has 0 aliphatic rings. The summed E-state index contributed by atoms with van der Waals surface area (Å²) in [5, 5.41) is 2.23. The summed E-state index contributed by atoms with van der Waals surface area (Å²) in [6, 6.07) is 6.81. The molecule has 0 fully saturated rings. The average Bonchev–Trinajstić information content (AvgIpc) is 2.54. The van der Waals surface area contributed by atoms with Gasteiger partial charge in [0, 0.05) is 18.6 Å². The fourth-order valence-corrected chi connectivity index (χ4v) is 2.28. The van der Waals surface area contributed by atoms with Gasteiger partial charge in [-0.05, 0) is 12.5 Å². The zero-order chi connectivity index (χ0) is 18.6. The van der Waals surface area contributed by atoms with E-state index in [0.29, 0.717) is 12.1 Å². The van der Waals surface area contributed by atoms with Crippen LogP contribution in [0.5, 0.6) is 0 Å². The van der Waals surface area contributed by atoms with Gasteiger partial charge in [0.25, 0.3) is 5.91 Å². The fourth-order valence-electron chi connectivity index (χ4n) is 2.28. The highest BCUT2D eigenvalue weighted by Crippen LogP contribution is 2.15. The minimum Gasteiger partial charge on any atom is -0.467 e. The summed E-state index contributed by atoms with van der Waals surface area (Å²) >= 11 is 0. The molecule has 0 aliphatic heterocycles. The molecule has 0 aromatic heterocycles. The Morgan fingerprint density at radius 1 is 1.08 bits per heavy atom. The maximum Gasteiger partial charge on any atom is 0.328 e. The zero-order valence-corrected chi connectivity index (χ0v) is 13.6. The molecule has 1 N–H and O–H groups in total. The standard InChI is InChI=1S/C18H16F3NO3/c1-10-3-5-11(6-4-10)7-15(18(24)25-2)22-17(23)16-13(20)8-12(19)9-14(16)21/h3-6,8-9,15H,7H2,1-2H3,(H,22,23)/t15-/m1/s1. The second-order valence-corrected chi connectivity index (χ2v) is 5.48. The van der Waals surface area contributed by atoms with Gasteiger partial charge in [-0.1, -0.05) is 29.8 Å². The number of aryl methyl sites for hydroxylation is 1. The third-order valence-corrected chi connectivity index (χ3v) is 3.59. The van der Waals surface area contributed by atoms with Crippen LogP contribution in [0.2, 0.25) is 0 Å². The van der Waals surface area contributed by atoms with Crippen LogP contribution in [0.3, 0.4) is 0 Å². The van der Waals surface area contributed by atoms with Gasteiger partial charge in [0.2, 0.25) is 0 Å². The normalized spacial score (nSPS) is 11.7. The molecule has 25 heavy (non-hydrogen) atoms. The van der Waals surface area contributed by atoms with Crippen molar-refractivity contribution >= 4 is 11.9 Å². The van der Waals surface area contributed by atoms with Gasteiger partial charge in [0.1, 0.15) is 29.1 Å². The van der Waals surface area contributed by atoms with Crippen molar-refractivity contribution < 1.29 is 27.5 Å². The molecule has 0 aliphatic carbocycles. The number of hydrogen-bond acceptors (Lipinski definition) is 3. The molecule has 2 aromatic rings. The van der Waals surface area contributed by atoms with Crippen LogP contribution < -0.4 is 5.32 Å². The molecule has 0 saturated carbocycles. The highest BCUT2D eigenvalue weighted by molar-refractivity contribution is 5.97. The quantitative estimate of drug-likeness (QED) is 0.843. The number of carbonyl (C=O) groups is 2. The molecule has 132 valence electrons. The maximum atomic E-state index is 13.7. The van der Waals surface area contributed by atoms with Crippen molar-refractivity contribution in [1.82, 2.24) is 5.32 Å². The summed E-state index contributed by atoms with van der Waals surface area (Å²) in [5.41, 5.74) is 0.776. The Balaban J connectivity index is 2.23. The van der Waals surface area contributed by atoms with E-state index in [1.54, 1.807) is 12.1 Å². The monoisotopic (exact) mass is 351 g/mol. The Morgan fingerprint density at radius 2 is 1.64 bits per heavy atom. The highest BCUT2D eigenvalue weighted by Gasteiger charge is 2.26. The molecular weight excluding hydrogens is 335 g/mol. The number of methoxy groups -OCH3 is 1. The molecular formula is C18H16F3NO3. The average molecular weight is 351 g/mol. The van der Waals surface area contributed by atoms with E-state index < -0.39 is 40.9 Å². The third-order valence-electron chi connectivity index (χ3n) is 3.59. The van der Waals surface area contributed by atoms with E-state index in [1.165, 1.54) is 0 Å². The van der Waals surface area contributed by atoms with Crippen molar-refractivity contribution in [3.05, 3.63) is 70.5 Å². The molecule has 2 aromatic carbocycles. The Kier molecular flexibility index (Phi) is 5.80. The second-order valence-electron chi connectivity index (χ2n) is 5.48. The van der Waals surface area contributed by atoms with E-state index in [4.69, 9.17) is 0 Å². The van der Waals surface area contributed by atoms with Crippen LogP contribution in [0.1, 0.15) is 21.5 Å². The molecule has 0 radical (unpaired) electrons. The summed E-state index contributed by atoms with van der Waals surface area (Å²) in [4.78, 5) is 24.0. The van der Waals surface area contributed by atoms with Crippen molar-refractivity contribution in [3.8, 4) is 0 Å². The summed E-state index contributed by atoms with van der Waals surface area (Å²) in [5.74, 6) is -5.78. The minimum absolute atomic E-state index is 0.0725. The lowest BCUT2D eigenvalue weighted by atomic mass is 10.0. The van der Waals surface area contributed by atoms with E-state index in [0.717, 1.165) is 18.2 Å². The topological polar surface area (TPSA) is 55.4 Å². The molecule has 0 unspecified atom stereocenters. The molecule has 7 heteroatoms. The Morgan fingerprint density at radius 3 is 2.16 bits per heavy atom. The van der Waals surface area contributed by atoms with Crippen LogP contribution in [0.15, 0.2) is 36.4 Å². The fraction of sp³-hybridized carbons (Fsp3) is 0.222. The van der Waals surface area contributed by atoms with Crippen molar-refractivity contribution in [2.75, 3.05) is 7.11 Å². The number of rotatable bonds is 5. The largest absolute Gasteiger partial charge is 0.467 e. The predicted octanol–water partition coefficient (Wildman–Crippen LogP) is 2.93. The summed E-state index contributed by atoms with van der Waals surface area (Å²) in [6.07, 6.45) is 0.0725. The number of amides is 1. The molecule has 0 spiro atoms. The van der Waals surface area contributed by atoms with Crippen LogP contribution >= 0.6 is 0 Å². The van der Waals surface area contributed by atoms with Crippen molar-refractivity contribution in [1.29, 1.82) is 0 Å². The van der Waals surface area contributed by atoms with Gasteiger partial charge in [-0.3, -0.25) is 4.79 Å². The number of esters is 1. The first-order valence-electron chi connectivity index (χ1n) is 7.40. The van der Waals surface area contributed by atoms with E-state index in [1.807, 2.05) is 19.1 Å². The number of hydrogen-bond donors (Lipinski definition) is 1. The number of nitrogens with one attached hydrogen (secondary N) is 1. The maximum absolute atomic E-state index is 13.7. The number of halogens is 3. The molecule has 2 rings (SSSR count). The Bertz CT molecular complexity index is 768. The SMILES string of the molecule is COC(=O)[C@@H](Cc1ccc(C)cc1)NC(=O)c1c(F)cc(F)cc1F. The molecule has 0 bridgehead atoms. The molecule has 4 nitrogen and oxygen atoms in total. The van der Waals surface area contributed by atoms with Gasteiger partial charge in [-0.25, -0.2) is 18.0 Å². The number of ether oxygens (including phenoxy) is 1. The van der Waals surface area contributed by atoms with E-state index in [9.17, 15) is 22.8 Å². The van der Waals surface area contributed by atoms with Gasteiger partial charge in [-0.15, -0.1) is 0 Å². The van der Waals surface area contributed by atoms with Gasteiger partial charge < -0.3 is 10.1 Å². The summed E-state index contributed by atoms with van der Waals surface area (Å²) < 4.78 is 45.0. The first-order valence-corrected chi connectivity index (χ1v) is 7.40. The molecule has 0 saturated heterocycles. The first kappa shape index (κ1) is 18.5. The lowest BCUT2D eigenvalue weighted by Crippen LogP contribution is -2.43. The van der Waals surface area contributed by atoms with E-state index in [2.05, 4.69) is 10.1 Å². The van der Waals surface area contributed by atoms with Crippen molar-refractivity contribution in [2.45, 2.75) is 19.4 Å². The van der Waals surface area contributed by atoms with E-state index in [-0.39, 0.29) is 6.42 Å². The lowest BCUT2D eigenvalue weighted by Gasteiger charge is -2.17. The van der Waals surface area contributed by atoms with Crippen LogP contribution in [0.4, 0.5) is 13.2 Å². The van der Waals surface area contributed by atoms with Crippen LogP contribution in [-0.4, -0.2) is 25.0 Å². The third kappa shape index (κ3) is 4.59.